The first-order valence-corrected chi connectivity index (χ1v) is 5.27. The zero-order chi connectivity index (χ0) is 10.7. The molecular formula is C12H15NO2. The fraction of sp³-hybridized carbons (Fsp3) is 0.417. The first-order valence-electron chi connectivity index (χ1n) is 5.27. The molecule has 0 radical (unpaired) electrons. The molecule has 1 fully saturated rings. The number of carboxylic acids is 1. The van der Waals surface area contributed by atoms with E-state index in [-0.39, 0.29) is 12.0 Å². The molecule has 0 amide bonds. The van der Waals surface area contributed by atoms with E-state index in [9.17, 15) is 4.79 Å². The molecule has 1 heterocycles. The summed E-state index contributed by atoms with van der Waals surface area (Å²) < 4.78 is 0. The van der Waals surface area contributed by atoms with Gasteiger partial charge in [-0.15, -0.1) is 0 Å². The monoisotopic (exact) mass is 205 g/mol. The van der Waals surface area contributed by atoms with Crippen molar-refractivity contribution in [2.75, 3.05) is 6.54 Å². The Hall–Kier alpha value is -1.35. The largest absolute Gasteiger partial charge is 0.481 e. The fourth-order valence-electron chi connectivity index (χ4n) is 2.15. The molecule has 1 saturated heterocycles. The van der Waals surface area contributed by atoms with Crippen LogP contribution in [0.4, 0.5) is 0 Å². The third kappa shape index (κ3) is 2.36. The Morgan fingerprint density at radius 3 is 2.80 bits per heavy atom. The van der Waals surface area contributed by atoms with Gasteiger partial charge in [0, 0.05) is 6.04 Å². The van der Waals surface area contributed by atoms with Gasteiger partial charge in [-0.2, -0.15) is 0 Å². The number of hydrogen-bond acceptors (Lipinski definition) is 2. The summed E-state index contributed by atoms with van der Waals surface area (Å²) in [7, 11) is 0. The van der Waals surface area contributed by atoms with Gasteiger partial charge in [-0.25, -0.2) is 0 Å². The van der Waals surface area contributed by atoms with Crippen LogP contribution in [0.1, 0.15) is 12.0 Å². The quantitative estimate of drug-likeness (QED) is 0.781. The normalized spacial score (nSPS) is 25.3. The Morgan fingerprint density at radius 1 is 1.40 bits per heavy atom. The topological polar surface area (TPSA) is 49.3 Å². The minimum atomic E-state index is -0.680. The molecular weight excluding hydrogens is 190 g/mol. The lowest BCUT2D eigenvalue weighted by Crippen LogP contribution is -2.33. The summed E-state index contributed by atoms with van der Waals surface area (Å²) in [5.74, 6) is -0.911. The van der Waals surface area contributed by atoms with E-state index in [2.05, 4.69) is 5.32 Å². The smallest absolute Gasteiger partial charge is 0.308 e. The van der Waals surface area contributed by atoms with E-state index in [1.807, 2.05) is 30.3 Å². The maximum Gasteiger partial charge on any atom is 0.308 e. The summed E-state index contributed by atoms with van der Waals surface area (Å²) in [6.07, 6.45) is 1.55. The van der Waals surface area contributed by atoms with Crippen LogP contribution >= 0.6 is 0 Å². The predicted molar refractivity (Wildman–Crippen MR) is 57.7 cm³/mol. The Kier molecular flexibility index (Phi) is 3.02. The highest BCUT2D eigenvalue weighted by Crippen LogP contribution is 2.19. The van der Waals surface area contributed by atoms with Crippen LogP contribution in [-0.4, -0.2) is 23.7 Å². The van der Waals surface area contributed by atoms with Crippen molar-refractivity contribution in [2.45, 2.75) is 18.9 Å². The van der Waals surface area contributed by atoms with Crippen molar-refractivity contribution >= 4 is 5.97 Å². The number of carbonyl (C=O) groups is 1. The number of hydrogen-bond donors (Lipinski definition) is 2. The highest BCUT2D eigenvalue weighted by molar-refractivity contribution is 5.71. The Morgan fingerprint density at radius 2 is 2.13 bits per heavy atom. The number of rotatable bonds is 3. The lowest BCUT2D eigenvalue weighted by molar-refractivity contribution is -0.141. The van der Waals surface area contributed by atoms with Crippen molar-refractivity contribution < 1.29 is 9.90 Å². The Labute approximate surface area is 89.1 Å². The van der Waals surface area contributed by atoms with Gasteiger partial charge >= 0.3 is 5.97 Å². The van der Waals surface area contributed by atoms with Gasteiger partial charge in [0.2, 0.25) is 0 Å². The van der Waals surface area contributed by atoms with Crippen LogP contribution in [-0.2, 0) is 11.2 Å². The summed E-state index contributed by atoms with van der Waals surface area (Å²) in [6, 6.07) is 10.1. The molecule has 2 atom stereocenters. The molecule has 15 heavy (non-hydrogen) atoms. The van der Waals surface area contributed by atoms with E-state index in [0.29, 0.717) is 0 Å². The Bertz CT molecular complexity index is 337. The number of nitrogens with one attached hydrogen (secondary N) is 1. The van der Waals surface area contributed by atoms with Crippen LogP contribution in [0.3, 0.4) is 0 Å². The van der Waals surface area contributed by atoms with E-state index >= 15 is 0 Å². The van der Waals surface area contributed by atoms with E-state index in [0.717, 1.165) is 19.4 Å². The molecule has 0 aliphatic carbocycles. The van der Waals surface area contributed by atoms with Crippen molar-refractivity contribution in [1.82, 2.24) is 5.32 Å². The molecule has 2 rings (SSSR count). The van der Waals surface area contributed by atoms with E-state index in [1.54, 1.807) is 0 Å². The molecule has 1 aliphatic rings. The summed E-state index contributed by atoms with van der Waals surface area (Å²) in [5, 5.41) is 12.3. The summed E-state index contributed by atoms with van der Waals surface area (Å²) in [4.78, 5) is 11.0. The van der Waals surface area contributed by atoms with Crippen LogP contribution in [0.2, 0.25) is 0 Å². The number of aliphatic carboxylic acids is 1. The van der Waals surface area contributed by atoms with Crippen LogP contribution in [0.15, 0.2) is 30.3 Å². The van der Waals surface area contributed by atoms with Gasteiger partial charge in [-0.3, -0.25) is 4.79 Å². The zero-order valence-electron chi connectivity index (χ0n) is 8.52. The first-order chi connectivity index (χ1) is 7.27. The number of carboxylic acid groups (broad SMARTS) is 1. The van der Waals surface area contributed by atoms with Gasteiger partial charge in [0.05, 0.1) is 5.92 Å². The molecule has 3 nitrogen and oxygen atoms in total. The maximum absolute atomic E-state index is 11.0. The minimum Gasteiger partial charge on any atom is -0.481 e. The minimum absolute atomic E-state index is 0.0879. The third-order valence-electron chi connectivity index (χ3n) is 2.96. The maximum atomic E-state index is 11.0. The van der Waals surface area contributed by atoms with Gasteiger partial charge in [-0.1, -0.05) is 30.3 Å². The molecule has 2 N–H and O–H groups in total. The van der Waals surface area contributed by atoms with Gasteiger partial charge in [-0.05, 0) is 24.9 Å². The standard InChI is InChI=1S/C12H15NO2/c14-12(15)10-6-7-13-11(10)8-9-4-2-1-3-5-9/h1-5,10-11,13H,6-8H2,(H,14,15)/t10-,11+/m1/s1. The predicted octanol–water partition coefficient (Wildman–Crippen LogP) is 1.29. The average Bonchev–Trinajstić information content (AvgIpc) is 2.67. The second-order valence-electron chi connectivity index (χ2n) is 3.98. The summed E-state index contributed by atoms with van der Waals surface area (Å²) >= 11 is 0. The van der Waals surface area contributed by atoms with E-state index < -0.39 is 5.97 Å². The Balaban J connectivity index is 2.03. The molecule has 0 unspecified atom stereocenters. The van der Waals surface area contributed by atoms with Crippen LogP contribution < -0.4 is 5.32 Å². The van der Waals surface area contributed by atoms with Gasteiger partial charge < -0.3 is 10.4 Å². The van der Waals surface area contributed by atoms with Crippen LogP contribution in [0, 0.1) is 5.92 Å². The van der Waals surface area contributed by atoms with Crippen molar-refractivity contribution in [1.29, 1.82) is 0 Å². The third-order valence-corrected chi connectivity index (χ3v) is 2.96. The summed E-state index contributed by atoms with van der Waals surface area (Å²) in [6.45, 7) is 0.814. The van der Waals surface area contributed by atoms with Gasteiger partial charge in [0.1, 0.15) is 0 Å². The van der Waals surface area contributed by atoms with Crippen LogP contribution in [0.25, 0.3) is 0 Å². The molecule has 0 saturated carbocycles. The first kappa shape index (κ1) is 10.2. The molecule has 0 spiro atoms. The molecule has 1 aliphatic heterocycles. The number of benzene rings is 1. The van der Waals surface area contributed by atoms with Crippen LogP contribution in [0.5, 0.6) is 0 Å². The lowest BCUT2D eigenvalue weighted by atomic mass is 9.95. The fourth-order valence-corrected chi connectivity index (χ4v) is 2.15. The van der Waals surface area contributed by atoms with E-state index in [1.165, 1.54) is 5.56 Å². The second-order valence-corrected chi connectivity index (χ2v) is 3.98. The highest BCUT2D eigenvalue weighted by atomic mass is 16.4. The molecule has 1 aromatic carbocycles. The van der Waals surface area contributed by atoms with Gasteiger partial charge in [0.15, 0.2) is 0 Å². The lowest BCUT2D eigenvalue weighted by Gasteiger charge is -2.15. The SMILES string of the molecule is O=C(O)[C@@H]1CCN[C@H]1Cc1ccccc1. The molecule has 0 bridgehead atoms. The highest BCUT2D eigenvalue weighted by Gasteiger charge is 2.32. The van der Waals surface area contributed by atoms with Crippen molar-refractivity contribution in [2.24, 2.45) is 5.92 Å². The average molecular weight is 205 g/mol. The zero-order valence-corrected chi connectivity index (χ0v) is 8.52. The van der Waals surface area contributed by atoms with Crippen molar-refractivity contribution in [3.63, 3.8) is 0 Å². The molecule has 80 valence electrons. The van der Waals surface area contributed by atoms with Gasteiger partial charge in [0.25, 0.3) is 0 Å². The van der Waals surface area contributed by atoms with Crippen molar-refractivity contribution in [3.8, 4) is 0 Å². The molecule has 0 aromatic heterocycles. The molecule has 1 aromatic rings. The summed E-state index contributed by atoms with van der Waals surface area (Å²) in [5.41, 5.74) is 1.20. The van der Waals surface area contributed by atoms with Crippen molar-refractivity contribution in [3.05, 3.63) is 35.9 Å². The second kappa shape index (κ2) is 4.45. The van der Waals surface area contributed by atoms with E-state index in [4.69, 9.17) is 5.11 Å². The molecule has 3 heteroatoms.